The zero-order valence-corrected chi connectivity index (χ0v) is 7.38. The first-order valence-corrected chi connectivity index (χ1v) is 4.17. The Labute approximate surface area is 68.3 Å². The molecule has 0 aromatic heterocycles. The van der Waals surface area contributed by atoms with Crippen molar-refractivity contribution in [3.05, 3.63) is 0 Å². The zero-order valence-electron chi connectivity index (χ0n) is 7.38. The summed E-state index contributed by atoms with van der Waals surface area (Å²) in [5, 5.41) is 0. The lowest BCUT2D eigenvalue weighted by atomic mass is 10.5. The molecular formula is C8H17NO2. The van der Waals surface area contributed by atoms with Crippen LogP contribution in [0.1, 0.15) is 6.92 Å². The number of epoxide rings is 1. The Morgan fingerprint density at radius 1 is 1.27 bits per heavy atom. The van der Waals surface area contributed by atoms with Gasteiger partial charge in [-0.25, -0.2) is 0 Å². The lowest BCUT2D eigenvalue weighted by molar-refractivity contribution is 0.0503. The van der Waals surface area contributed by atoms with E-state index in [-0.39, 0.29) is 0 Å². The predicted octanol–water partition coefficient (Wildman–Crippen LogP) is 0.353. The van der Waals surface area contributed by atoms with Crippen LogP contribution in [0.5, 0.6) is 0 Å². The van der Waals surface area contributed by atoms with E-state index in [1.54, 1.807) is 0 Å². The van der Waals surface area contributed by atoms with Crippen LogP contribution in [0.25, 0.3) is 0 Å². The fourth-order valence-corrected chi connectivity index (χ4v) is 0.751. The summed E-state index contributed by atoms with van der Waals surface area (Å²) in [6, 6.07) is 0. The van der Waals surface area contributed by atoms with Gasteiger partial charge in [0.15, 0.2) is 0 Å². The number of morpholine rings is 1. The molecule has 0 saturated carbocycles. The van der Waals surface area contributed by atoms with Crippen LogP contribution in [-0.4, -0.2) is 51.0 Å². The molecular weight excluding hydrogens is 142 g/mol. The van der Waals surface area contributed by atoms with Crippen molar-refractivity contribution >= 4 is 0 Å². The van der Waals surface area contributed by atoms with Gasteiger partial charge < -0.3 is 14.4 Å². The zero-order chi connectivity index (χ0) is 8.10. The Hall–Kier alpha value is -0.120. The van der Waals surface area contributed by atoms with Crippen LogP contribution >= 0.6 is 0 Å². The molecule has 2 heterocycles. The third-order valence-corrected chi connectivity index (χ3v) is 1.73. The summed E-state index contributed by atoms with van der Waals surface area (Å²) in [6.45, 7) is 7.06. The van der Waals surface area contributed by atoms with E-state index in [0.717, 1.165) is 32.9 Å². The molecule has 1 atom stereocenters. The summed E-state index contributed by atoms with van der Waals surface area (Å²) in [4.78, 5) is 2.27. The van der Waals surface area contributed by atoms with Gasteiger partial charge in [0.2, 0.25) is 0 Å². The van der Waals surface area contributed by atoms with Crippen LogP contribution < -0.4 is 0 Å². The van der Waals surface area contributed by atoms with Crippen molar-refractivity contribution in [2.75, 3.05) is 40.0 Å². The van der Waals surface area contributed by atoms with E-state index in [1.807, 2.05) is 0 Å². The van der Waals surface area contributed by atoms with Gasteiger partial charge in [-0.3, -0.25) is 0 Å². The van der Waals surface area contributed by atoms with E-state index in [0.29, 0.717) is 6.10 Å². The lowest BCUT2D eigenvalue weighted by Gasteiger charge is -2.21. The van der Waals surface area contributed by atoms with Gasteiger partial charge in [-0.1, -0.05) is 0 Å². The molecule has 11 heavy (non-hydrogen) atoms. The van der Waals surface area contributed by atoms with Gasteiger partial charge in [-0.2, -0.15) is 0 Å². The third kappa shape index (κ3) is 5.18. The molecule has 0 radical (unpaired) electrons. The first-order chi connectivity index (χ1) is 5.29. The summed E-state index contributed by atoms with van der Waals surface area (Å²) in [5.41, 5.74) is 0. The molecule has 2 fully saturated rings. The fraction of sp³-hybridized carbons (Fsp3) is 1.00. The number of nitrogens with zero attached hydrogens (tertiary/aromatic N) is 1. The number of hydrogen-bond acceptors (Lipinski definition) is 3. The first kappa shape index (κ1) is 8.97. The van der Waals surface area contributed by atoms with Gasteiger partial charge in [0.05, 0.1) is 25.9 Å². The van der Waals surface area contributed by atoms with E-state index in [1.165, 1.54) is 0 Å². The van der Waals surface area contributed by atoms with Crippen molar-refractivity contribution in [3.8, 4) is 0 Å². The fourth-order valence-electron chi connectivity index (χ4n) is 0.751. The van der Waals surface area contributed by atoms with Gasteiger partial charge in [0.1, 0.15) is 0 Å². The van der Waals surface area contributed by atoms with E-state index >= 15 is 0 Å². The predicted molar refractivity (Wildman–Crippen MR) is 43.7 cm³/mol. The molecule has 2 saturated heterocycles. The van der Waals surface area contributed by atoms with E-state index < -0.39 is 0 Å². The second kappa shape index (κ2) is 4.70. The van der Waals surface area contributed by atoms with Crippen LogP contribution in [0, 0.1) is 0 Å². The Morgan fingerprint density at radius 2 is 1.73 bits per heavy atom. The van der Waals surface area contributed by atoms with E-state index in [2.05, 4.69) is 18.9 Å². The number of ether oxygens (including phenoxy) is 2. The molecule has 2 aliphatic rings. The smallest absolute Gasteiger partial charge is 0.0781 e. The maximum Gasteiger partial charge on any atom is 0.0781 e. The molecule has 66 valence electrons. The maximum atomic E-state index is 5.10. The monoisotopic (exact) mass is 159 g/mol. The van der Waals surface area contributed by atoms with Gasteiger partial charge in [-0.15, -0.1) is 0 Å². The minimum absolute atomic E-state index is 0.583. The molecule has 0 bridgehead atoms. The van der Waals surface area contributed by atoms with Crippen LogP contribution in [0.2, 0.25) is 0 Å². The molecule has 0 aromatic rings. The third-order valence-electron chi connectivity index (χ3n) is 1.73. The molecule has 0 aromatic carbocycles. The topological polar surface area (TPSA) is 25.0 Å². The van der Waals surface area contributed by atoms with Crippen molar-refractivity contribution in [2.45, 2.75) is 13.0 Å². The Balaban J connectivity index is 0.000000128. The Kier molecular flexibility index (Phi) is 3.83. The number of rotatable bonds is 0. The minimum atomic E-state index is 0.583. The number of likely N-dealkylation sites (N-methyl/N-ethyl adjacent to an activating group) is 1. The highest BCUT2D eigenvalue weighted by Gasteiger charge is 2.13. The summed E-state index contributed by atoms with van der Waals surface area (Å²) >= 11 is 0. The first-order valence-electron chi connectivity index (χ1n) is 4.17. The highest BCUT2D eigenvalue weighted by molar-refractivity contribution is 4.58. The molecule has 2 rings (SSSR count). The average molecular weight is 159 g/mol. The largest absolute Gasteiger partial charge is 0.379 e. The second-order valence-electron chi connectivity index (χ2n) is 3.06. The van der Waals surface area contributed by atoms with Crippen molar-refractivity contribution in [3.63, 3.8) is 0 Å². The standard InChI is InChI=1S/C5H11NO.C3H6O/c1-6-2-4-7-5-3-6;1-3-2-4-3/h2-5H2,1H3;3H,2H2,1H3. The van der Waals surface area contributed by atoms with Gasteiger partial charge >= 0.3 is 0 Å². The summed E-state index contributed by atoms with van der Waals surface area (Å²) in [5.74, 6) is 0. The molecule has 0 N–H and O–H groups in total. The Bertz CT molecular complexity index is 98.3. The Morgan fingerprint density at radius 3 is 1.91 bits per heavy atom. The van der Waals surface area contributed by atoms with Crippen LogP contribution in [0.4, 0.5) is 0 Å². The molecule has 0 aliphatic carbocycles. The molecule has 3 heteroatoms. The average Bonchev–Trinajstić information content (AvgIpc) is 2.75. The minimum Gasteiger partial charge on any atom is -0.379 e. The van der Waals surface area contributed by atoms with Crippen LogP contribution in [0.3, 0.4) is 0 Å². The quantitative estimate of drug-likeness (QED) is 0.477. The van der Waals surface area contributed by atoms with E-state index in [9.17, 15) is 0 Å². The molecule has 0 spiro atoms. The summed E-state index contributed by atoms with van der Waals surface area (Å²) < 4.78 is 9.81. The normalized spacial score (nSPS) is 30.5. The van der Waals surface area contributed by atoms with Gasteiger partial charge in [-0.05, 0) is 14.0 Å². The molecule has 3 nitrogen and oxygen atoms in total. The van der Waals surface area contributed by atoms with Crippen molar-refractivity contribution in [1.82, 2.24) is 4.90 Å². The van der Waals surface area contributed by atoms with Crippen molar-refractivity contribution in [2.24, 2.45) is 0 Å². The van der Waals surface area contributed by atoms with E-state index in [4.69, 9.17) is 9.47 Å². The summed E-state index contributed by atoms with van der Waals surface area (Å²) in [6.07, 6.45) is 0.583. The lowest BCUT2D eigenvalue weighted by Crippen LogP contribution is -2.32. The second-order valence-corrected chi connectivity index (χ2v) is 3.06. The maximum absolute atomic E-state index is 5.10. The highest BCUT2D eigenvalue weighted by atomic mass is 16.6. The molecule has 0 amide bonds. The van der Waals surface area contributed by atoms with Gasteiger partial charge in [0, 0.05) is 13.1 Å². The van der Waals surface area contributed by atoms with Crippen molar-refractivity contribution in [1.29, 1.82) is 0 Å². The highest BCUT2D eigenvalue weighted by Crippen LogP contribution is 2.04. The van der Waals surface area contributed by atoms with Crippen molar-refractivity contribution < 1.29 is 9.47 Å². The van der Waals surface area contributed by atoms with Crippen LogP contribution in [0.15, 0.2) is 0 Å². The van der Waals surface area contributed by atoms with Crippen LogP contribution in [-0.2, 0) is 9.47 Å². The molecule has 2 aliphatic heterocycles. The number of hydrogen-bond donors (Lipinski definition) is 0. The SMILES string of the molecule is CC1CO1.CN1CCOCC1. The molecule has 1 unspecified atom stereocenters. The van der Waals surface area contributed by atoms with Gasteiger partial charge in [0.25, 0.3) is 0 Å². The summed E-state index contributed by atoms with van der Waals surface area (Å²) in [7, 11) is 2.11.